The third-order valence-electron chi connectivity index (χ3n) is 18.1. The Labute approximate surface area is 341 Å². The number of hydrogen-bond donors (Lipinski definition) is 0. The van der Waals surface area contributed by atoms with Crippen LogP contribution in [0.3, 0.4) is 0 Å². The summed E-state index contributed by atoms with van der Waals surface area (Å²) in [5, 5.41) is 0. The predicted molar refractivity (Wildman–Crippen MR) is 236 cm³/mol. The van der Waals surface area contributed by atoms with Crippen LogP contribution in [0.1, 0.15) is 138 Å². The molecule has 10 aliphatic rings. The lowest BCUT2D eigenvalue weighted by Gasteiger charge is -2.57. The Bertz CT molecular complexity index is 2320. The van der Waals surface area contributed by atoms with Gasteiger partial charge in [-0.25, -0.2) is 0 Å². The molecule has 0 amide bonds. The highest BCUT2D eigenvalue weighted by molar-refractivity contribution is 5.92. The number of rotatable bonds is 5. The van der Waals surface area contributed by atoms with Crippen molar-refractivity contribution in [1.82, 2.24) is 0 Å². The second kappa shape index (κ2) is 11.3. The molecule has 0 unspecified atom stereocenters. The fourth-order valence-corrected chi connectivity index (χ4v) is 16.6. The van der Waals surface area contributed by atoms with Crippen molar-refractivity contribution in [1.29, 1.82) is 0 Å². The zero-order valence-corrected chi connectivity index (χ0v) is 34.7. The number of fused-ring (bicyclic) bond motifs is 7. The van der Waals surface area contributed by atoms with Gasteiger partial charge in [0.1, 0.15) is 0 Å². The molecule has 8 saturated carbocycles. The van der Waals surface area contributed by atoms with Crippen molar-refractivity contribution in [2.45, 2.75) is 126 Å². The molecule has 5 aromatic carbocycles. The van der Waals surface area contributed by atoms with E-state index < -0.39 is 0 Å². The fraction of sp³-hybridized carbons (Fsp3) is 0.464. The summed E-state index contributed by atoms with van der Waals surface area (Å²) in [6.07, 6.45) is 17.5. The molecule has 0 heterocycles. The van der Waals surface area contributed by atoms with E-state index >= 15 is 0 Å². The molecule has 288 valence electrons. The highest BCUT2D eigenvalue weighted by Crippen LogP contribution is 2.63. The summed E-state index contributed by atoms with van der Waals surface area (Å²) in [6.45, 7) is 9.88. The van der Waals surface area contributed by atoms with Gasteiger partial charge < -0.3 is 4.90 Å². The van der Waals surface area contributed by atoms with E-state index in [9.17, 15) is 0 Å². The average molecular weight is 746 g/mol. The van der Waals surface area contributed by atoms with E-state index in [1.165, 1.54) is 139 Å². The lowest BCUT2D eigenvalue weighted by molar-refractivity contribution is -0.00529. The third-order valence-corrected chi connectivity index (χ3v) is 18.1. The van der Waals surface area contributed by atoms with E-state index in [0.29, 0.717) is 10.8 Å². The number of anilines is 3. The molecule has 15 rings (SSSR count). The largest absolute Gasteiger partial charge is 0.310 e. The molecule has 0 saturated heterocycles. The lowest BCUT2D eigenvalue weighted by Crippen LogP contribution is -2.48. The Morgan fingerprint density at radius 1 is 0.386 bits per heavy atom. The van der Waals surface area contributed by atoms with Gasteiger partial charge in [-0.2, -0.15) is 0 Å². The second-order valence-electron chi connectivity index (χ2n) is 22.3. The van der Waals surface area contributed by atoms with Crippen LogP contribution in [0.2, 0.25) is 0 Å². The molecule has 1 nitrogen and oxygen atoms in total. The summed E-state index contributed by atoms with van der Waals surface area (Å²) in [5.74, 6) is 5.75. The predicted octanol–water partition coefficient (Wildman–Crippen LogP) is 14.7. The van der Waals surface area contributed by atoms with Crippen LogP contribution in [0.5, 0.6) is 0 Å². The third kappa shape index (κ3) is 4.64. The van der Waals surface area contributed by atoms with Gasteiger partial charge in [0.05, 0.1) is 0 Å². The van der Waals surface area contributed by atoms with Crippen molar-refractivity contribution in [3.63, 3.8) is 0 Å². The Hall–Kier alpha value is -4.10. The topological polar surface area (TPSA) is 3.24 Å². The fourth-order valence-electron chi connectivity index (χ4n) is 16.6. The first-order valence-corrected chi connectivity index (χ1v) is 23.0. The summed E-state index contributed by atoms with van der Waals surface area (Å²) in [5.41, 5.74) is 19.4. The van der Waals surface area contributed by atoms with E-state index in [4.69, 9.17) is 0 Å². The Kier molecular flexibility index (Phi) is 6.73. The standard InChI is InChI=1S/C56H59N/c1-53(2)49-8-6-5-7-45(49)47-19-20-48-46-18-17-44(27-50(46)54(3,4)52(48)51(47)53)57(42-13-9-40(10-14-42)55-28-34-21-35(29-55)23-36(22-34)30-55)43-15-11-41(12-16-43)56-31-37-24-38(32-56)26-39(25-37)33-56/h5-20,27,34-39H,21-26,28-33H2,1-4H3. The summed E-state index contributed by atoms with van der Waals surface area (Å²) in [7, 11) is 0. The first kappa shape index (κ1) is 33.8. The van der Waals surface area contributed by atoms with Crippen molar-refractivity contribution in [2.24, 2.45) is 35.5 Å². The van der Waals surface area contributed by atoms with Crippen LogP contribution in [-0.2, 0) is 21.7 Å². The minimum Gasteiger partial charge on any atom is -0.310 e. The number of nitrogens with zero attached hydrogens (tertiary/aromatic N) is 1. The maximum absolute atomic E-state index is 2.59. The minimum absolute atomic E-state index is 0.0394. The molecule has 1 heteroatoms. The molecular formula is C56H59N. The van der Waals surface area contributed by atoms with E-state index in [2.05, 4.69) is 136 Å². The normalized spacial score (nSPS) is 33.5. The zero-order valence-electron chi connectivity index (χ0n) is 34.7. The van der Waals surface area contributed by atoms with Gasteiger partial charge in [-0.05, 0) is 215 Å². The number of hydrogen-bond acceptors (Lipinski definition) is 1. The van der Waals surface area contributed by atoms with Gasteiger partial charge in [0.25, 0.3) is 0 Å². The smallest absolute Gasteiger partial charge is 0.0465 e. The van der Waals surface area contributed by atoms with Crippen molar-refractivity contribution >= 4 is 17.1 Å². The highest BCUT2D eigenvalue weighted by atomic mass is 15.1. The van der Waals surface area contributed by atoms with Gasteiger partial charge in [0, 0.05) is 27.9 Å². The van der Waals surface area contributed by atoms with Crippen molar-refractivity contribution in [3.8, 4) is 22.3 Å². The van der Waals surface area contributed by atoms with Crippen LogP contribution in [0, 0.1) is 35.5 Å². The van der Waals surface area contributed by atoms with E-state index in [-0.39, 0.29) is 10.8 Å². The second-order valence-corrected chi connectivity index (χ2v) is 22.3. The molecule has 0 atom stereocenters. The van der Waals surface area contributed by atoms with Crippen LogP contribution < -0.4 is 4.90 Å². The summed E-state index contributed by atoms with van der Waals surface area (Å²) >= 11 is 0. The van der Waals surface area contributed by atoms with Crippen LogP contribution in [0.4, 0.5) is 17.1 Å². The lowest BCUT2D eigenvalue weighted by atomic mass is 9.48. The Morgan fingerprint density at radius 3 is 1.21 bits per heavy atom. The molecule has 0 spiro atoms. The summed E-state index contributed by atoms with van der Waals surface area (Å²) in [4.78, 5) is 2.59. The monoisotopic (exact) mass is 745 g/mol. The van der Waals surface area contributed by atoms with E-state index in [0.717, 1.165) is 35.5 Å². The molecular weight excluding hydrogens is 687 g/mol. The summed E-state index contributed by atoms with van der Waals surface area (Å²) in [6, 6.07) is 41.6. The quantitative estimate of drug-likeness (QED) is 0.173. The van der Waals surface area contributed by atoms with Crippen molar-refractivity contribution < 1.29 is 0 Å². The van der Waals surface area contributed by atoms with Crippen LogP contribution in [0.25, 0.3) is 22.3 Å². The SMILES string of the molecule is CC1(C)c2ccccc2-c2ccc3c(c21)C(C)(C)c1cc(N(c2ccc(C45CC6CC(CC(C6)C4)C5)cc2)c2ccc(C45CC6CC(CC(C6)C4)C5)cc2)ccc1-3. The highest BCUT2D eigenvalue weighted by Gasteiger charge is 2.53. The Morgan fingerprint density at radius 2 is 0.754 bits per heavy atom. The van der Waals surface area contributed by atoms with Gasteiger partial charge in [-0.15, -0.1) is 0 Å². The molecule has 0 aromatic heterocycles. The van der Waals surface area contributed by atoms with E-state index in [1.54, 1.807) is 11.1 Å². The zero-order chi connectivity index (χ0) is 38.1. The molecule has 8 fully saturated rings. The molecule has 5 aromatic rings. The van der Waals surface area contributed by atoms with Gasteiger partial charge in [-0.1, -0.05) is 94.4 Å². The molecule has 10 aliphatic carbocycles. The number of benzene rings is 5. The van der Waals surface area contributed by atoms with Crippen LogP contribution in [-0.4, -0.2) is 0 Å². The van der Waals surface area contributed by atoms with E-state index in [1.807, 2.05) is 0 Å². The molecule has 8 bridgehead atoms. The van der Waals surface area contributed by atoms with Crippen LogP contribution in [0.15, 0.2) is 103 Å². The summed E-state index contributed by atoms with van der Waals surface area (Å²) < 4.78 is 0. The first-order valence-electron chi connectivity index (χ1n) is 23.0. The maximum Gasteiger partial charge on any atom is 0.0465 e. The minimum atomic E-state index is -0.123. The molecule has 57 heavy (non-hydrogen) atoms. The maximum atomic E-state index is 2.59. The molecule has 0 N–H and O–H groups in total. The van der Waals surface area contributed by atoms with Crippen molar-refractivity contribution in [2.75, 3.05) is 4.90 Å². The van der Waals surface area contributed by atoms with Gasteiger partial charge in [-0.3, -0.25) is 0 Å². The Balaban J connectivity index is 0.915. The van der Waals surface area contributed by atoms with Crippen molar-refractivity contribution in [3.05, 3.63) is 137 Å². The molecule has 0 radical (unpaired) electrons. The molecule has 0 aliphatic heterocycles. The van der Waals surface area contributed by atoms with Gasteiger partial charge in [0.2, 0.25) is 0 Å². The first-order chi connectivity index (χ1) is 27.6. The van der Waals surface area contributed by atoms with Gasteiger partial charge in [0.15, 0.2) is 0 Å². The average Bonchev–Trinajstić information content (AvgIpc) is 3.56. The van der Waals surface area contributed by atoms with Gasteiger partial charge >= 0.3 is 0 Å². The van der Waals surface area contributed by atoms with Crippen LogP contribution >= 0.6 is 0 Å².